The Morgan fingerprint density at radius 1 is 1.27 bits per heavy atom. The van der Waals surface area contributed by atoms with Gasteiger partial charge in [-0.15, -0.1) is 0 Å². The van der Waals surface area contributed by atoms with Crippen molar-refractivity contribution in [3.05, 3.63) is 0 Å². The first-order valence-electron chi connectivity index (χ1n) is 4.71. The van der Waals surface area contributed by atoms with Crippen LogP contribution in [0.3, 0.4) is 0 Å². The summed E-state index contributed by atoms with van der Waals surface area (Å²) in [4.78, 5) is 11.6. The predicted molar refractivity (Wildman–Crippen MR) is 49.4 cm³/mol. The SMILES string of the molecule is CCN(CC)CC(C)(OC=O)C(F)(F)F. The van der Waals surface area contributed by atoms with Crippen LogP contribution in [0.25, 0.3) is 0 Å². The fourth-order valence-corrected chi connectivity index (χ4v) is 1.17. The Hall–Kier alpha value is -0.780. The summed E-state index contributed by atoms with van der Waals surface area (Å²) in [5.41, 5.74) is -2.43. The van der Waals surface area contributed by atoms with E-state index in [4.69, 9.17) is 0 Å². The van der Waals surface area contributed by atoms with Crippen LogP contribution in [0.5, 0.6) is 0 Å². The molecule has 0 aliphatic rings. The van der Waals surface area contributed by atoms with Crippen LogP contribution in [0.4, 0.5) is 13.2 Å². The van der Waals surface area contributed by atoms with Gasteiger partial charge in [0.2, 0.25) is 5.60 Å². The maximum atomic E-state index is 12.6. The first-order chi connectivity index (χ1) is 6.80. The van der Waals surface area contributed by atoms with Gasteiger partial charge in [0.1, 0.15) is 0 Å². The van der Waals surface area contributed by atoms with Gasteiger partial charge in [-0.3, -0.25) is 9.69 Å². The fourth-order valence-electron chi connectivity index (χ4n) is 1.17. The Balaban J connectivity index is 4.71. The third kappa shape index (κ3) is 3.70. The van der Waals surface area contributed by atoms with E-state index in [2.05, 4.69) is 4.74 Å². The molecule has 0 aliphatic carbocycles. The molecule has 0 bridgehead atoms. The Kier molecular flexibility index (Phi) is 5.07. The molecule has 0 spiro atoms. The van der Waals surface area contributed by atoms with Crippen molar-refractivity contribution in [3.8, 4) is 0 Å². The van der Waals surface area contributed by atoms with Crippen molar-refractivity contribution in [2.45, 2.75) is 32.5 Å². The number of carbonyl (C=O) groups is 1. The molecule has 0 radical (unpaired) electrons. The van der Waals surface area contributed by atoms with Gasteiger partial charge in [-0.1, -0.05) is 13.8 Å². The van der Waals surface area contributed by atoms with Crippen molar-refractivity contribution in [3.63, 3.8) is 0 Å². The number of carbonyl (C=O) groups excluding carboxylic acids is 1. The molecule has 0 saturated heterocycles. The topological polar surface area (TPSA) is 29.5 Å². The molecule has 1 unspecified atom stereocenters. The van der Waals surface area contributed by atoms with Crippen LogP contribution in [0, 0.1) is 0 Å². The van der Waals surface area contributed by atoms with Crippen LogP contribution in [-0.2, 0) is 9.53 Å². The number of ether oxygens (including phenoxy) is 1. The van der Waals surface area contributed by atoms with Crippen LogP contribution in [0.2, 0.25) is 0 Å². The van der Waals surface area contributed by atoms with Crippen molar-refractivity contribution < 1.29 is 22.7 Å². The molecule has 0 N–H and O–H groups in total. The Labute approximate surface area is 87.2 Å². The summed E-state index contributed by atoms with van der Waals surface area (Å²) in [7, 11) is 0. The van der Waals surface area contributed by atoms with Gasteiger partial charge in [-0.2, -0.15) is 13.2 Å². The number of rotatable bonds is 6. The molecule has 0 aliphatic heterocycles. The summed E-state index contributed by atoms with van der Waals surface area (Å²) in [5, 5.41) is 0. The lowest BCUT2D eigenvalue weighted by Gasteiger charge is -2.34. The Bertz CT molecular complexity index is 204. The first-order valence-corrected chi connectivity index (χ1v) is 4.71. The van der Waals surface area contributed by atoms with E-state index in [0.29, 0.717) is 13.1 Å². The summed E-state index contributed by atoms with van der Waals surface area (Å²) in [6.07, 6.45) is -4.56. The van der Waals surface area contributed by atoms with Crippen LogP contribution in [-0.4, -0.2) is 42.8 Å². The average Bonchev–Trinajstić information content (AvgIpc) is 2.13. The predicted octanol–water partition coefficient (Wildman–Crippen LogP) is 1.82. The van der Waals surface area contributed by atoms with E-state index < -0.39 is 11.8 Å². The molecule has 0 amide bonds. The van der Waals surface area contributed by atoms with Crippen molar-refractivity contribution in [2.75, 3.05) is 19.6 Å². The number of nitrogens with zero attached hydrogens (tertiary/aromatic N) is 1. The van der Waals surface area contributed by atoms with Gasteiger partial charge in [-0.05, 0) is 20.0 Å². The van der Waals surface area contributed by atoms with E-state index >= 15 is 0 Å². The van der Waals surface area contributed by atoms with Gasteiger partial charge < -0.3 is 4.74 Å². The van der Waals surface area contributed by atoms with E-state index in [1.807, 2.05) is 0 Å². The molecule has 1 atom stereocenters. The lowest BCUT2D eigenvalue weighted by molar-refractivity contribution is -0.262. The second-order valence-electron chi connectivity index (χ2n) is 3.40. The minimum Gasteiger partial charge on any atom is -0.450 e. The summed E-state index contributed by atoms with van der Waals surface area (Å²) in [6, 6.07) is 0. The van der Waals surface area contributed by atoms with Gasteiger partial charge >= 0.3 is 6.18 Å². The van der Waals surface area contributed by atoms with Crippen LogP contribution < -0.4 is 0 Å². The molecule has 90 valence electrons. The highest BCUT2D eigenvalue weighted by molar-refractivity contribution is 5.38. The van der Waals surface area contributed by atoms with E-state index in [1.54, 1.807) is 18.7 Å². The number of likely N-dealkylation sites (N-methyl/N-ethyl adjacent to an activating group) is 1. The lowest BCUT2D eigenvalue weighted by Crippen LogP contribution is -2.53. The molecular formula is C9H16F3NO2. The van der Waals surface area contributed by atoms with E-state index in [0.717, 1.165) is 6.92 Å². The molecule has 0 rings (SSSR count). The minimum atomic E-state index is -4.56. The number of alkyl halides is 3. The van der Waals surface area contributed by atoms with Gasteiger partial charge in [0, 0.05) is 6.54 Å². The third-order valence-corrected chi connectivity index (χ3v) is 2.33. The minimum absolute atomic E-state index is 0.156. The second kappa shape index (κ2) is 5.34. The van der Waals surface area contributed by atoms with Crippen molar-refractivity contribution in [1.29, 1.82) is 0 Å². The van der Waals surface area contributed by atoms with E-state index in [9.17, 15) is 18.0 Å². The first kappa shape index (κ1) is 14.2. The molecule has 0 fully saturated rings. The van der Waals surface area contributed by atoms with Gasteiger partial charge in [-0.25, -0.2) is 0 Å². The second-order valence-corrected chi connectivity index (χ2v) is 3.40. The molecule has 3 nitrogen and oxygen atoms in total. The smallest absolute Gasteiger partial charge is 0.429 e. The van der Waals surface area contributed by atoms with Gasteiger partial charge in [0.15, 0.2) is 0 Å². The maximum Gasteiger partial charge on any atom is 0.429 e. The Morgan fingerprint density at radius 2 is 1.73 bits per heavy atom. The Morgan fingerprint density at radius 3 is 2.00 bits per heavy atom. The zero-order valence-corrected chi connectivity index (χ0v) is 9.10. The molecule has 6 heteroatoms. The van der Waals surface area contributed by atoms with Crippen LogP contribution in [0.15, 0.2) is 0 Å². The molecule has 0 aromatic rings. The molecule has 15 heavy (non-hydrogen) atoms. The summed E-state index contributed by atoms with van der Waals surface area (Å²) in [5.74, 6) is 0. The highest BCUT2D eigenvalue weighted by Crippen LogP contribution is 2.33. The standard InChI is InChI=1S/C9H16F3NO2/c1-4-13(5-2)6-8(3,15-7-14)9(10,11)12/h7H,4-6H2,1-3H3. The largest absolute Gasteiger partial charge is 0.450 e. The maximum absolute atomic E-state index is 12.6. The summed E-state index contributed by atoms with van der Waals surface area (Å²) in [6.45, 7) is 4.83. The summed E-state index contributed by atoms with van der Waals surface area (Å²) >= 11 is 0. The van der Waals surface area contributed by atoms with E-state index in [-0.39, 0.29) is 13.0 Å². The number of hydrogen-bond acceptors (Lipinski definition) is 3. The van der Waals surface area contributed by atoms with Gasteiger partial charge in [0.25, 0.3) is 6.47 Å². The number of halogens is 3. The fraction of sp³-hybridized carbons (Fsp3) is 0.889. The highest BCUT2D eigenvalue weighted by atomic mass is 19.4. The van der Waals surface area contributed by atoms with Crippen LogP contribution in [0.1, 0.15) is 20.8 Å². The van der Waals surface area contributed by atoms with Crippen molar-refractivity contribution >= 4 is 6.47 Å². The normalized spacial score (nSPS) is 16.2. The zero-order chi connectivity index (χ0) is 12.1. The molecule has 0 saturated carbocycles. The monoisotopic (exact) mass is 227 g/mol. The zero-order valence-electron chi connectivity index (χ0n) is 9.10. The van der Waals surface area contributed by atoms with E-state index in [1.165, 1.54) is 0 Å². The van der Waals surface area contributed by atoms with Crippen molar-refractivity contribution in [1.82, 2.24) is 4.90 Å². The molecular weight excluding hydrogens is 211 g/mol. The summed E-state index contributed by atoms with van der Waals surface area (Å²) < 4.78 is 42.0. The van der Waals surface area contributed by atoms with Crippen molar-refractivity contribution in [2.24, 2.45) is 0 Å². The lowest BCUT2D eigenvalue weighted by atomic mass is 10.1. The third-order valence-electron chi connectivity index (χ3n) is 2.33. The molecule has 0 heterocycles. The van der Waals surface area contributed by atoms with Gasteiger partial charge in [0.05, 0.1) is 0 Å². The quantitative estimate of drug-likeness (QED) is 0.648. The average molecular weight is 227 g/mol. The highest BCUT2D eigenvalue weighted by Gasteiger charge is 2.54. The molecule has 0 aromatic carbocycles. The van der Waals surface area contributed by atoms with Crippen LogP contribution >= 0.6 is 0 Å². The molecule has 0 aromatic heterocycles. The number of hydrogen-bond donors (Lipinski definition) is 0.